The first kappa shape index (κ1) is 22.4. The second-order valence-electron chi connectivity index (χ2n) is 6.54. The number of hydrogen-bond acceptors (Lipinski definition) is 5. The zero-order chi connectivity index (χ0) is 21.4. The lowest BCUT2D eigenvalue weighted by Crippen LogP contribution is -2.48. The van der Waals surface area contributed by atoms with Crippen molar-refractivity contribution in [3.63, 3.8) is 0 Å². The number of carbonyl (C=O) groups is 2. The summed E-state index contributed by atoms with van der Waals surface area (Å²) in [5, 5.41) is 6.76. The number of benzene rings is 2. The topological polar surface area (TPSA) is 89.0 Å². The summed E-state index contributed by atoms with van der Waals surface area (Å²) in [6, 6.07) is 11.4. The Hall–Kier alpha value is -2.87. The first-order valence-corrected chi connectivity index (χ1v) is 9.76. The van der Waals surface area contributed by atoms with Gasteiger partial charge in [-0.15, -0.1) is 0 Å². The SMILES string of the molecule is COc1ccc(C(=O)NC(C(=O)NN=Cc2cc(Br)ccc2OC)C(C)C)cc1. The minimum absolute atomic E-state index is 0.132. The van der Waals surface area contributed by atoms with Crippen LogP contribution in [0.15, 0.2) is 52.0 Å². The molecule has 2 aromatic rings. The van der Waals surface area contributed by atoms with Gasteiger partial charge in [-0.1, -0.05) is 29.8 Å². The van der Waals surface area contributed by atoms with Gasteiger partial charge in [0.05, 0.1) is 20.4 Å². The van der Waals surface area contributed by atoms with Crippen LogP contribution in [-0.4, -0.2) is 38.3 Å². The quantitative estimate of drug-likeness (QED) is 0.465. The number of hydrazone groups is 1. The Labute approximate surface area is 178 Å². The highest BCUT2D eigenvalue weighted by Gasteiger charge is 2.24. The zero-order valence-electron chi connectivity index (χ0n) is 16.7. The van der Waals surface area contributed by atoms with E-state index in [-0.39, 0.29) is 11.8 Å². The number of methoxy groups -OCH3 is 2. The number of carbonyl (C=O) groups excluding carboxylic acids is 2. The van der Waals surface area contributed by atoms with E-state index in [0.29, 0.717) is 22.6 Å². The Bertz CT molecular complexity index is 882. The van der Waals surface area contributed by atoms with Crippen molar-refractivity contribution >= 4 is 34.0 Å². The molecule has 0 aliphatic rings. The maximum atomic E-state index is 12.6. The molecule has 0 saturated carbocycles. The second-order valence-corrected chi connectivity index (χ2v) is 7.46. The Morgan fingerprint density at radius 3 is 2.34 bits per heavy atom. The van der Waals surface area contributed by atoms with Gasteiger partial charge in [-0.2, -0.15) is 5.10 Å². The zero-order valence-corrected chi connectivity index (χ0v) is 18.3. The van der Waals surface area contributed by atoms with Gasteiger partial charge in [0, 0.05) is 15.6 Å². The van der Waals surface area contributed by atoms with Gasteiger partial charge in [0.15, 0.2) is 0 Å². The number of halogens is 1. The highest BCUT2D eigenvalue weighted by atomic mass is 79.9. The van der Waals surface area contributed by atoms with Crippen molar-refractivity contribution in [2.75, 3.05) is 14.2 Å². The Morgan fingerprint density at radius 2 is 1.76 bits per heavy atom. The van der Waals surface area contributed by atoms with E-state index in [9.17, 15) is 9.59 Å². The molecule has 0 saturated heterocycles. The molecule has 2 rings (SSSR count). The second kappa shape index (κ2) is 10.6. The van der Waals surface area contributed by atoms with Crippen molar-refractivity contribution in [1.29, 1.82) is 0 Å². The van der Waals surface area contributed by atoms with Crippen molar-refractivity contribution in [2.24, 2.45) is 11.0 Å². The third-order valence-electron chi connectivity index (χ3n) is 4.16. The standard InChI is InChI=1S/C21H24BrN3O4/c1-13(2)19(24-20(26)14-5-8-17(28-3)9-6-14)21(27)25-23-12-15-11-16(22)7-10-18(15)29-4/h5-13,19H,1-4H3,(H,24,26)(H,25,27). The first-order valence-electron chi connectivity index (χ1n) is 8.97. The summed E-state index contributed by atoms with van der Waals surface area (Å²) < 4.78 is 11.2. The largest absolute Gasteiger partial charge is 0.497 e. The molecule has 0 aromatic heterocycles. The molecule has 0 bridgehead atoms. The van der Waals surface area contributed by atoms with E-state index in [4.69, 9.17) is 9.47 Å². The van der Waals surface area contributed by atoms with Crippen molar-refractivity contribution in [1.82, 2.24) is 10.7 Å². The van der Waals surface area contributed by atoms with Crippen molar-refractivity contribution in [3.05, 3.63) is 58.1 Å². The molecule has 1 atom stereocenters. The lowest BCUT2D eigenvalue weighted by Gasteiger charge is -2.20. The summed E-state index contributed by atoms with van der Waals surface area (Å²) in [5.41, 5.74) is 3.62. The molecule has 2 amide bonds. The van der Waals surface area contributed by atoms with Crippen LogP contribution in [0.5, 0.6) is 11.5 Å². The molecule has 0 radical (unpaired) electrons. The van der Waals surface area contributed by atoms with E-state index in [0.717, 1.165) is 4.47 Å². The van der Waals surface area contributed by atoms with Gasteiger partial charge in [-0.25, -0.2) is 5.43 Å². The van der Waals surface area contributed by atoms with Gasteiger partial charge in [0.25, 0.3) is 11.8 Å². The summed E-state index contributed by atoms with van der Waals surface area (Å²) in [4.78, 5) is 25.1. The predicted molar refractivity (Wildman–Crippen MR) is 116 cm³/mol. The number of ether oxygens (including phenoxy) is 2. The van der Waals surface area contributed by atoms with E-state index in [1.165, 1.54) is 6.21 Å². The maximum absolute atomic E-state index is 12.6. The number of nitrogens with one attached hydrogen (secondary N) is 2. The van der Waals surface area contributed by atoms with Crippen LogP contribution in [0.25, 0.3) is 0 Å². The van der Waals surface area contributed by atoms with E-state index in [1.54, 1.807) is 44.6 Å². The third-order valence-corrected chi connectivity index (χ3v) is 4.65. The fraction of sp³-hybridized carbons (Fsp3) is 0.286. The molecular weight excluding hydrogens is 438 g/mol. The lowest BCUT2D eigenvalue weighted by molar-refractivity contribution is -0.123. The van der Waals surface area contributed by atoms with E-state index < -0.39 is 11.9 Å². The van der Waals surface area contributed by atoms with E-state index in [1.807, 2.05) is 26.0 Å². The van der Waals surface area contributed by atoms with Gasteiger partial charge < -0.3 is 14.8 Å². The molecule has 7 nitrogen and oxygen atoms in total. The fourth-order valence-electron chi connectivity index (χ4n) is 2.54. The lowest BCUT2D eigenvalue weighted by atomic mass is 10.0. The maximum Gasteiger partial charge on any atom is 0.262 e. The van der Waals surface area contributed by atoms with Crippen molar-refractivity contribution in [3.8, 4) is 11.5 Å². The molecule has 29 heavy (non-hydrogen) atoms. The molecule has 0 spiro atoms. The summed E-state index contributed by atoms with van der Waals surface area (Å²) in [7, 11) is 3.11. The highest BCUT2D eigenvalue weighted by Crippen LogP contribution is 2.21. The van der Waals surface area contributed by atoms with Gasteiger partial charge in [-0.3, -0.25) is 9.59 Å². The van der Waals surface area contributed by atoms with Crippen LogP contribution in [0, 0.1) is 5.92 Å². The first-order chi connectivity index (χ1) is 13.8. The minimum Gasteiger partial charge on any atom is -0.497 e. The molecular formula is C21H24BrN3O4. The summed E-state index contributed by atoms with van der Waals surface area (Å²) in [5.74, 6) is 0.385. The number of rotatable bonds is 8. The van der Waals surface area contributed by atoms with Crippen LogP contribution in [0.3, 0.4) is 0 Å². The Morgan fingerprint density at radius 1 is 1.07 bits per heavy atom. The van der Waals surface area contributed by atoms with Crippen LogP contribution >= 0.6 is 15.9 Å². The van der Waals surface area contributed by atoms with Gasteiger partial charge in [0.2, 0.25) is 0 Å². The molecule has 1 unspecified atom stereocenters. The molecule has 8 heteroatoms. The predicted octanol–water partition coefficient (Wildman–Crippen LogP) is 3.37. The minimum atomic E-state index is -0.744. The summed E-state index contributed by atoms with van der Waals surface area (Å²) >= 11 is 3.39. The monoisotopic (exact) mass is 461 g/mol. The summed E-state index contributed by atoms with van der Waals surface area (Å²) in [6.45, 7) is 3.69. The summed E-state index contributed by atoms with van der Waals surface area (Å²) in [6.07, 6.45) is 1.49. The Kier molecular flexibility index (Phi) is 8.21. The molecule has 0 heterocycles. The molecule has 0 aliphatic heterocycles. The molecule has 2 aromatic carbocycles. The van der Waals surface area contributed by atoms with Gasteiger partial charge in [-0.05, 0) is 48.4 Å². The average molecular weight is 462 g/mol. The van der Waals surface area contributed by atoms with E-state index in [2.05, 4.69) is 31.8 Å². The molecule has 0 fully saturated rings. The highest BCUT2D eigenvalue weighted by molar-refractivity contribution is 9.10. The number of amides is 2. The smallest absolute Gasteiger partial charge is 0.262 e. The third kappa shape index (κ3) is 6.32. The average Bonchev–Trinajstić information content (AvgIpc) is 2.71. The Balaban J connectivity index is 2.05. The molecule has 154 valence electrons. The van der Waals surface area contributed by atoms with Crippen molar-refractivity contribution in [2.45, 2.75) is 19.9 Å². The van der Waals surface area contributed by atoms with Crippen LogP contribution in [0.2, 0.25) is 0 Å². The number of hydrogen-bond donors (Lipinski definition) is 2. The molecule has 2 N–H and O–H groups in total. The van der Waals surface area contributed by atoms with Crippen LogP contribution in [0.1, 0.15) is 29.8 Å². The van der Waals surface area contributed by atoms with Crippen LogP contribution in [0.4, 0.5) is 0 Å². The fourth-order valence-corrected chi connectivity index (χ4v) is 2.92. The van der Waals surface area contributed by atoms with Crippen LogP contribution in [-0.2, 0) is 4.79 Å². The van der Waals surface area contributed by atoms with Crippen LogP contribution < -0.4 is 20.2 Å². The molecule has 0 aliphatic carbocycles. The number of nitrogens with zero attached hydrogens (tertiary/aromatic N) is 1. The van der Waals surface area contributed by atoms with E-state index >= 15 is 0 Å². The van der Waals surface area contributed by atoms with Gasteiger partial charge in [0.1, 0.15) is 17.5 Å². The normalized spacial score (nSPS) is 11.9. The van der Waals surface area contributed by atoms with Crippen molar-refractivity contribution < 1.29 is 19.1 Å². The van der Waals surface area contributed by atoms with Gasteiger partial charge >= 0.3 is 0 Å².